The van der Waals surface area contributed by atoms with Crippen LogP contribution in [0.1, 0.15) is 11.5 Å². The van der Waals surface area contributed by atoms with Crippen molar-refractivity contribution in [3.05, 3.63) is 27.9 Å². The van der Waals surface area contributed by atoms with Crippen LogP contribution in [0.3, 0.4) is 0 Å². The number of nitrogens with one attached hydrogen (secondary N) is 1. The van der Waals surface area contributed by atoms with Crippen LogP contribution in [0.4, 0.5) is 8.78 Å². The van der Waals surface area contributed by atoms with Gasteiger partial charge in [0.05, 0.1) is 18.9 Å². The predicted octanol–water partition coefficient (Wildman–Crippen LogP) is 0.740. The zero-order valence-corrected chi connectivity index (χ0v) is 9.41. The number of hydrogen-bond acceptors (Lipinski definition) is 4. The van der Waals surface area contributed by atoms with Crippen molar-refractivity contribution < 1.29 is 18.3 Å². The van der Waals surface area contributed by atoms with E-state index in [1.807, 2.05) is 0 Å². The maximum atomic E-state index is 11.8. The van der Waals surface area contributed by atoms with E-state index in [4.69, 9.17) is 9.47 Å². The highest BCUT2D eigenvalue weighted by Gasteiger charge is 2.04. The van der Waals surface area contributed by atoms with Crippen LogP contribution in [0, 0.1) is 0 Å². The molecule has 0 bridgehead atoms. The zero-order valence-electron chi connectivity index (χ0n) is 9.41. The molecule has 1 heterocycles. The summed E-state index contributed by atoms with van der Waals surface area (Å²) in [5, 5.41) is 0. The topological polar surface area (TPSA) is 64.2 Å². The van der Waals surface area contributed by atoms with Crippen LogP contribution in [-0.2, 0) is 22.5 Å². The minimum atomic E-state index is -2.48. The molecule has 1 N–H and O–H groups in total. The number of alkyl halides is 2. The lowest BCUT2D eigenvalue weighted by atomic mass is 10.3. The Morgan fingerprint density at radius 1 is 1.53 bits per heavy atom. The standard InChI is InChI=1S/C10H14F2N2O3/c1-16-5-7-4-10(15)14-9(13-7)2-3-17-6-8(11)12/h4,8H,2-3,5-6H2,1H3,(H,13,14,15). The molecule has 1 aromatic rings. The molecule has 0 saturated heterocycles. The third-order valence-corrected chi connectivity index (χ3v) is 1.86. The number of methoxy groups -OCH3 is 1. The third-order valence-electron chi connectivity index (χ3n) is 1.86. The highest BCUT2D eigenvalue weighted by atomic mass is 19.3. The first-order chi connectivity index (χ1) is 8.11. The lowest BCUT2D eigenvalue weighted by Gasteiger charge is -2.04. The second-order valence-corrected chi connectivity index (χ2v) is 3.33. The van der Waals surface area contributed by atoms with Gasteiger partial charge in [-0.05, 0) is 0 Å². The van der Waals surface area contributed by atoms with E-state index < -0.39 is 13.0 Å². The maximum absolute atomic E-state index is 11.8. The Hall–Kier alpha value is -1.34. The molecule has 0 saturated carbocycles. The average Bonchev–Trinajstić information content (AvgIpc) is 2.24. The van der Waals surface area contributed by atoms with E-state index in [1.165, 1.54) is 13.2 Å². The highest BCUT2D eigenvalue weighted by Crippen LogP contribution is 1.97. The highest BCUT2D eigenvalue weighted by molar-refractivity contribution is 5.01. The molecule has 0 fully saturated rings. The van der Waals surface area contributed by atoms with Crippen LogP contribution in [0.25, 0.3) is 0 Å². The molecular formula is C10H14F2N2O3. The van der Waals surface area contributed by atoms with Crippen LogP contribution in [0.15, 0.2) is 10.9 Å². The van der Waals surface area contributed by atoms with Crippen molar-refractivity contribution in [2.45, 2.75) is 19.5 Å². The van der Waals surface area contributed by atoms with Gasteiger partial charge >= 0.3 is 0 Å². The molecule has 0 aromatic carbocycles. The molecule has 0 spiro atoms. The fraction of sp³-hybridized carbons (Fsp3) is 0.600. The normalized spacial score (nSPS) is 11.1. The Labute approximate surface area is 96.8 Å². The second-order valence-electron chi connectivity index (χ2n) is 3.33. The fourth-order valence-electron chi connectivity index (χ4n) is 1.24. The van der Waals surface area contributed by atoms with Gasteiger partial charge in [0.25, 0.3) is 12.0 Å². The van der Waals surface area contributed by atoms with Gasteiger partial charge in [-0.2, -0.15) is 0 Å². The van der Waals surface area contributed by atoms with Crippen molar-refractivity contribution in [1.82, 2.24) is 9.97 Å². The Morgan fingerprint density at radius 2 is 2.29 bits per heavy atom. The maximum Gasteiger partial charge on any atom is 0.261 e. The number of ether oxygens (including phenoxy) is 2. The van der Waals surface area contributed by atoms with Gasteiger partial charge in [0.2, 0.25) is 0 Å². The Morgan fingerprint density at radius 3 is 2.94 bits per heavy atom. The molecule has 1 aromatic heterocycles. The van der Waals surface area contributed by atoms with Crippen molar-refractivity contribution in [3.8, 4) is 0 Å². The van der Waals surface area contributed by atoms with Crippen molar-refractivity contribution in [2.24, 2.45) is 0 Å². The van der Waals surface area contributed by atoms with E-state index in [2.05, 4.69) is 9.97 Å². The summed E-state index contributed by atoms with van der Waals surface area (Å²) < 4.78 is 33.1. The van der Waals surface area contributed by atoms with Crippen molar-refractivity contribution >= 4 is 0 Å². The monoisotopic (exact) mass is 248 g/mol. The SMILES string of the molecule is COCc1cc(=O)[nH]c(CCOCC(F)F)n1. The first kappa shape index (κ1) is 13.7. The molecule has 0 amide bonds. The van der Waals surface area contributed by atoms with Crippen molar-refractivity contribution in [1.29, 1.82) is 0 Å². The molecule has 5 nitrogen and oxygen atoms in total. The second kappa shape index (κ2) is 7.08. The molecule has 96 valence electrons. The molecule has 7 heteroatoms. The Bertz CT molecular complexity index is 395. The lowest BCUT2D eigenvalue weighted by Crippen LogP contribution is -2.15. The summed E-state index contributed by atoms with van der Waals surface area (Å²) in [5.41, 5.74) is 0.205. The van der Waals surface area contributed by atoms with E-state index in [0.717, 1.165) is 0 Å². The fourth-order valence-corrected chi connectivity index (χ4v) is 1.24. The number of aromatic amines is 1. The smallest absolute Gasteiger partial charge is 0.261 e. The number of rotatable bonds is 7. The van der Waals surface area contributed by atoms with Crippen molar-refractivity contribution in [3.63, 3.8) is 0 Å². The van der Waals surface area contributed by atoms with Crippen molar-refractivity contribution in [2.75, 3.05) is 20.3 Å². The molecule has 0 aliphatic carbocycles. The Kier molecular flexibility index (Phi) is 5.71. The van der Waals surface area contributed by atoms with E-state index >= 15 is 0 Å². The number of H-pyrrole nitrogens is 1. The number of halogens is 2. The summed E-state index contributed by atoms with van der Waals surface area (Å²) in [4.78, 5) is 17.8. The van der Waals surface area contributed by atoms with Gasteiger partial charge in [0.15, 0.2) is 0 Å². The lowest BCUT2D eigenvalue weighted by molar-refractivity contribution is 0.0182. The number of aromatic nitrogens is 2. The molecule has 1 rings (SSSR count). The Balaban J connectivity index is 2.50. The van der Waals surface area contributed by atoms with Gasteiger partial charge in [0, 0.05) is 19.6 Å². The molecular weight excluding hydrogens is 234 g/mol. The summed E-state index contributed by atoms with van der Waals surface area (Å²) in [6.07, 6.45) is -2.21. The summed E-state index contributed by atoms with van der Waals surface area (Å²) in [6, 6.07) is 1.33. The quantitative estimate of drug-likeness (QED) is 0.723. The zero-order chi connectivity index (χ0) is 12.7. The summed E-state index contributed by atoms with van der Waals surface area (Å²) in [7, 11) is 1.49. The minimum absolute atomic E-state index is 0.0870. The van der Waals surface area contributed by atoms with E-state index in [1.54, 1.807) is 0 Å². The molecule has 0 unspecified atom stereocenters. The molecule has 0 aliphatic rings. The predicted molar refractivity (Wildman–Crippen MR) is 56.1 cm³/mol. The van der Waals surface area contributed by atoms with Crippen LogP contribution in [-0.4, -0.2) is 36.7 Å². The largest absolute Gasteiger partial charge is 0.378 e. The average molecular weight is 248 g/mol. The van der Waals surface area contributed by atoms with Crippen LogP contribution in [0.2, 0.25) is 0 Å². The van der Waals surface area contributed by atoms with E-state index in [9.17, 15) is 13.6 Å². The number of nitrogens with zero attached hydrogens (tertiary/aromatic N) is 1. The van der Waals surface area contributed by atoms with E-state index in [-0.39, 0.29) is 25.2 Å². The molecule has 0 atom stereocenters. The minimum Gasteiger partial charge on any atom is -0.378 e. The molecule has 0 radical (unpaired) electrons. The summed E-state index contributed by atoms with van der Waals surface area (Å²) in [6.45, 7) is -0.291. The summed E-state index contributed by atoms with van der Waals surface area (Å²) >= 11 is 0. The van der Waals surface area contributed by atoms with Crippen LogP contribution >= 0.6 is 0 Å². The first-order valence-corrected chi connectivity index (χ1v) is 5.05. The van der Waals surface area contributed by atoms with Crippen LogP contribution < -0.4 is 5.56 Å². The van der Waals surface area contributed by atoms with Gasteiger partial charge in [-0.15, -0.1) is 0 Å². The summed E-state index contributed by atoms with van der Waals surface area (Å²) in [5.74, 6) is 0.402. The third kappa shape index (κ3) is 5.50. The molecule has 0 aliphatic heterocycles. The number of hydrogen-bond donors (Lipinski definition) is 1. The van der Waals surface area contributed by atoms with E-state index in [0.29, 0.717) is 11.5 Å². The van der Waals surface area contributed by atoms with Gasteiger partial charge in [-0.25, -0.2) is 13.8 Å². The van der Waals surface area contributed by atoms with Gasteiger partial charge in [-0.1, -0.05) is 0 Å². The molecule has 17 heavy (non-hydrogen) atoms. The van der Waals surface area contributed by atoms with Gasteiger partial charge < -0.3 is 14.5 Å². The van der Waals surface area contributed by atoms with Crippen LogP contribution in [0.5, 0.6) is 0 Å². The first-order valence-electron chi connectivity index (χ1n) is 5.05. The van der Waals surface area contributed by atoms with Gasteiger partial charge in [0.1, 0.15) is 12.4 Å². The van der Waals surface area contributed by atoms with Gasteiger partial charge in [-0.3, -0.25) is 4.79 Å².